The summed E-state index contributed by atoms with van der Waals surface area (Å²) in [4.78, 5) is 31.6. The molecule has 32 heavy (non-hydrogen) atoms. The molecule has 0 aliphatic carbocycles. The maximum atomic E-state index is 12.8. The second-order valence-corrected chi connectivity index (χ2v) is 9.20. The number of hydrogen-bond acceptors (Lipinski definition) is 8. The van der Waals surface area contributed by atoms with Gasteiger partial charge in [-0.2, -0.15) is 0 Å². The maximum Gasteiger partial charge on any atom is 0.357 e. The number of azide groups is 1. The molecule has 3 N–H and O–H groups in total. The molecule has 0 aliphatic heterocycles. The molecule has 1 rings (SSSR count). The van der Waals surface area contributed by atoms with E-state index in [0.717, 1.165) is 6.42 Å². The van der Waals surface area contributed by atoms with Gasteiger partial charge in [0.1, 0.15) is 17.2 Å². The van der Waals surface area contributed by atoms with Crippen LogP contribution in [-0.2, 0) is 9.53 Å². The number of esters is 1. The minimum absolute atomic E-state index is 0.0740. The molecule has 2 unspecified atom stereocenters. The van der Waals surface area contributed by atoms with Crippen molar-refractivity contribution in [2.75, 3.05) is 6.61 Å². The van der Waals surface area contributed by atoms with Gasteiger partial charge in [-0.05, 0) is 49.5 Å². The van der Waals surface area contributed by atoms with Crippen LogP contribution in [0.3, 0.4) is 0 Å². The van der Waals surface area contributed by atoms with Gasteiger partial charge in [-0.3, -0.25) is 4.79 Å². The molecule has 0 amide bonds. The number of ether oxygens (including phenoxy) is 1. The van der Waals surface area contributed by atoms with Gasteiger partial charge in [0.25, 0.3) is 0 Å². The number of nitrogens with two attached hydrogens (primary N) is 1. The first kappa shape index (κ1) is 28.0. The largest absolute Gasteiger partial charge is 0.461 e. The zero-order chi connectivity index (χ0) is 24.3. The van der Waals surface area contributed by atoms with E-state index in [1.165, 1.54) is 11.3 Å². The molecule has 0 fully saturated rings. The van der Waals surface area contributed by atoms with Gasteiger partial charge in [0.05, 0.1) is 12.6 Å². The van der Waals surface area contributed by atoms with Gasteiger partial charge < -0.3 is 15.6 Å². The van der Waals surface area contributed by atoms with E-state index in [9.17, 15) is 14.7 Å². The van der Waals surface area contributed by atoms with Crippen LogP contribution in [0.5, 0.6) is 0 Å². The van der Waals surface area contributed by atoms with Crippen LogP contribution < -0.4 is 5.73 Å². The van der Waals surface area contributed by atoms with Gasteiger partial charge in [0.2, 0.25) is 0 Å². The highest BCUT2D eigenvalue weighted by Gasteiger charge is 2.29. The first-order chi connectivity index (χ1) is 15.2. The van der Waals surface area contributed by atoms with Gasteiger partial charge >= 0.3 is 5.97 Å². The van der Waals surface area contributed by atoms with Gasteiger partial charge in [-0.25, -0.2) is 9.78 Å². The Morgan fingerprint density at radius 2 is 1.91 bits per heavy atom. The van der Waals surface area contributed by atoms with Gasteiger partial charge in [0.15, 0.2) is 11.5 Å². The normalized spacial score (nSPS) is 16.8. The number of ketones is 1. The zero-order valence-corrected chi connectivity index (χ0v) is 20.5. The molecule has 0 radical (unpaired) electrons. The van der Waals surface area contributed by atoms with Crippen molar-refractivity contribution in [1.29, 1.82) is 0 Å². The molecule has 0 saturated heterocycles. The predicted octanol–water partition coefficient (Wildman–Crippen LogP) is 4.81. The van der Waals surface area contributed by atoms with Crippen LogP contribution in [-0.4, -0.2) is 40.5 Å². The van der Waals surface area contributed by atoms with E-state index in [4.69, 9.17) is 16.0 Å². The number of carbonyl (C=O) groups is 2. The third kappa shape index (κ3) is 8.16. The monoisotopic (exact) mass is 467 g/mol. The fourth-order valence-electron chi connectivity index (χ4n) is 3.58. The summed E-state index contributed by atoms with van der Waals surface area (Å²) < 4.78 is 4.95. The molecule has 0 spiro atoms. The van der Waals surface area contributed by atoms with E-state index in [0.29, 0.717) is 36.6 Å². The number of aliphatic hydroxyl groups is 1. The smallest absolute Gasteiger partial charge is 0.357 e. The maximum absolute atomic E-state index is 12.8. The van der Waals surface area contributed by atoms with Crippen molar-refractivity contribution in [3.8, 4) is 0 Å². The lowest BCUT2D eigenvalue weighted by Crippen LogP contribution is -2.40. The molecule has 9 nitrogen and oxygen atoms in total. The summed E-state index contributed by atoms with van der Waals surface area (Å²) in [5.74, 6) is -0.389. The predicted molar refractivity (Wildman–Crippen MR) is 125 cm³/mol. The Balaban J connectivity index is 2.82. The molecule has 10 heteroatoms. The third-order valence-electron chi connectivity index (χ3n) is 6.13. The van der Waals surface area contributed by atoms with Crippen molar-refractivity contribution in [2.24, 2.45) is 28.6 Å². The molecular formula is C22H37N5O4S. The molecule has 1 aromatic rings. The first-order valence-corrected chi connectivity index (χ1v) is 12.2. The summed E-state index contributed by atoms with van der Waals surface area (Å²) in [6.07, 6.45) is 2.37. The Morgan fingerprint density at radius 3 is 2.47 bits per heavy atom. The molecule has 6 atom stereocenters. The number of aromatic nitrogens is 1. The van der Waals surface area contributed by atoms with Crippen LogP contribution in [0.25, 0.3) is 10.4 Å². The SMILES string of the molecule is CCOC(=O)c1csc([C@H](O)C[C@@H](CCC(N)C(=O)[C@@H](N=[N+]=[N-])[C@@H](C)CC)C(C)CC)n1. The number of rotatable bonds is 15. The molecule has 0 bridgehead atoms. The summed E-state index contributed by atoms with van der Waals surface area (Å²) in [6.45, 7) is 10.00. The summed E-state index contributed by atoms with van der Waals surface area (Å²) in [5.41, 5.74) is 15.2. The van der Waals surface area contributed by atoms with Crippen molar-refractivity contribution in [3.63, 3.8) is 0 Å². The number of aliphatic hydroxyl groups excluding tert-OH is 1. The van der Waals surface area contributed by atoms with E-state index in [-0.39, 0.29) is 29.9 Å². The Hall–Kier alpha value is -2.00. The second-order valence-electron chi connectivity index (χ2n) is 8.31. The lowest BCUT2D eigenvalue weighted by molar-refractivity contribution is -0.122. The Morgan fingerprint density at radius 1 is 1.25 bits per heavy atom. The molecular weight excluding hydrogens is 430 g/mol. The molecule has 180 valence electrons. The van der Waals surface area contributed by atoms with E-state index in [2.05, 4.69) is 28.9 Å². The summed E-state index contributed by atoms with van der Waals surface area (Å²) in [6, 6.07) is -1.48. The third-order valence-corrected chi connectivity index (χ3v) is 7.08. The fourth-order valence-corrected chi connectivity index (χ4v) is 4.37. The Labute approximate surface area is 194 Å². The van der Waals surface area contributed by atoms with Crippen LogP contribution in [0, 0.1) is 17.8 Å². The van der Waals surface area contributed by atoms with Crippen molar-refractivity contribution in [1.82, 2.24) is 4.98 Å². The van der Waals surface area contributed by atoms with E-state index >= 15 is 0 Å². The van der Waals surface area contributed by atoms with Crippen LogP contribution in [0.15, 0.2) is 10.5 Å². The lowest BCUT2D eigenvalue weighted by atomic mass is 9.81. The number of thiazole rings is 1. The Bertz CT molecular complexity index is 780. The number of nitrogens with zero attached hydrogens (tertiary/aromatic N) is 4. The highest BCUT2D eigenvalue weighted by molar-refractivity contribution is 7.09. The van der Waals surface area contributed by atoms with Gasteiger partial charge in [0, 0.05) is 10.3 Å². The minimum atomic E-state index is -0.815. The first-order valence-electron chi connectivity index (χ1n) is 11.3. The molecule has 1 aromatic heterocycles. The minimum Gasteiger partial charge on any atom is -0.461 e. The van der Waals surface area contributed by atoms with Crippen molar-refractivity contribution in [2.45, 2.75) is 84.9 Å². The van der Waals surface area contributed by atoms with E-state index < -0.39 is 24.2 Å². The van der Waals surface area contributed by atoms with Crippen molar-refractivity contribution < 1.29 is 19.4 Å². The van der Waals surface area contributed by atoms with Crippen LogP contribution in [0.1, 0.15) is 88.3 Å². The standard InChI is InChI=1S/C22H37N5O4S/c1-6-13(4)15(9-10-16(23)20(29)19(26-27-24)14(5)7-2)11-18(28)21-25-17(12-32-21)22(30)31-8-3/h12-16,18-19,28H,6-11,23H2,1-5H3/t13?,14-,15+,16?,18+,19-/m0/s1. The quantitative estimate of drug-likeness (QED) is 0.163. The molecule has 0 aliphatic rings. The number of hydrogen-bond donors (Lipinski definition) is 2. The summed E-state index contributed by atoms with van der Waals surface area (Å²) >= 11 is 1.23. The highest BCUT2D eigenvalue weighted by atomic mass is 32.1. The van der Waals surface area contributed by atoms with Crippen molar-refractivity contribution in [3.05, 3.63) is 26.5 Å². The zero-order valence-electron chi connectivity index (χ0n) is 19.7. The number of Topliss-reactive ketones (excluding diaryl/α,β-unsaturated/α-hetero) is 1. The lowest BCUT2D eigenvalue weighted by Gasteiger charge is -2.27. The van der Waals surface area contributed by atoms with Crippen LogP contribution in [0.2, 0.25) is 0 Å². The Kier molecular flexibility index (Phi) is 12.4. The van der Waals surface area contributed by atoms with Gasteiger partial charge in [-0.15, -0.1) is 11.3 Å². The summed E-state index contributed by atoms with van der Waals surface area (Å²) in [5, 5.41) is 16.5. The van der Waals surface area contributed by atoms with Gasteiger partial charge in [-0.1, -0.05) is 45.7 Å². The highest BCUT2D eigenvalue weighted by Crippen LogP contribution is 2.32. The van der Waals surface area contributed by atoms with E-state index in [1.54, 1.807) is 12.3 Å². The topological polar surface area (TPSA) is 151 Å². The second kappa shape index (κ2) is 14.2. The average molecular weight is 468 g/mol. The van der Waals surface area contributed by atoms with E-state index in [1.807, 2.05) is 13.8 Å². The number of carbonyl (C=O) groups excluding carboxylic acids is 2. The fraction of sp³-hybridized carbons (Fsp3) is 0.773. The van der Waals surface area contributed by atoms with Crippen LogP contribution in [0.4, 0.5) is 0 Å². The van der Waals surface area contributed by atoms with Crippen LogP contribution >= 0.6 is 11.3 Å². The molecule has 1 heterocycles. The van der Waals surface area contributed by atoms with Crippen molar-refractivity contribution >= 4 is 23.1 Å². The molecule has 0 aromatic carbocycles. The molecule has 0 saturated carbocycles. The summed E-state index contributed by atoms with van der Waals surface area (Å²) in [7, 11) is 0. The average Bonchev–Trinajstić information content (AvgIpc) is 3.29.